The third kappa shape index (κ3) is 9.36. The molecular formula is C46H57ClN2O8. The normalized spacial score (nSPS) is 24.1. The van der Waals surface area contributed by atoms with Crippen LogP contribution < -0.4 is 9.47 Å². The second-order valence-electron chi connectivity index (χ2n) is 14.9. The number of allylic oxidation sites excluding steroid dienone is 1. The summed E-state index contributed by atoms with van der Waals surface area (Å²) >= 11 is 5.99. The molecule has 11 heteroatoms. The molecule has 2 N–H and O–H groups in total. The van der Waals surface area contributed by atoms with Gasteiger partial charge in [-0.2, -0.15) is 0 Å². The minimum atomic E-state index is -1.36. The van der Waals surface area contributed by atoms with E-state index in [0.29, 0.717) is 49.5 Å². The minimum Gasteiger partial charge on any atom is -0.459 e. The maximum absolute atomic E-state index is 14.0. The number of aliphatic hydroxyl groups excluding tert-OH is 2. The molecule has 0 aromatic heterocycles. The van der Waals surface area contributed by atoms with Crippen LogP contribution in [0.4, 0.5) is 4.79 Å². The topological polar surface area (TPSA) is 119 Å². The van der Waals surface area contributed by atoms with Gasteiger partial charge in [-0.1, -0.05) is 79.5 Å². The quantitative estimate of drug-likeness (QED) is 0.0502. The van der Waals surface area contributed by atoms with E-state index in [4.69, 9.17) is 35.4 Å². The van der Waals surface area contributed by atoms with E-state index >= 15 is 0 Å². The Hall–Kier alpha value is -4.35. The van der Waals surface area contributed by atoms with Crippen LogP contribution in [0.15, 0.2) is 102 Å². The van der Waals surface area contributed by atoms with Gasteiger partial charge >= 0.3 is 6.09 Å². The highest BCUT2D eigenvalue weighted by molar-refractivity contribution is 6.18. The zero-order valence-corrected chi connectivity index (χ0v) is 33.9. The average Bonchev–Trinajstić information content (AvgIpc) is 3.23. The second-order valence-corrected chi connectivity index (χ2v) is 15.3. The zero-order valence-electron chi connectivity index (χ0n) is 33.2. The van der Waals surface area contributed by atoms with Gasteiger partial charge in [-0.15, -0.1) is 18.2 Å². The molecule has 306 valence electrons. The van der Waals surface area contributed by atoms with E-state index in [1.165, 1.54) is 7.11 Å². The molecule has 0 bridgehead atoms. The molecular weight excluding hydrogens is 744 g/mol. The Morgan fingerprint density at radius 1 is 1.00 bits per heavy atom. The van der Waals surface area contributed by atoms with E-state index in [-0.39, 0.29) is 50.1 Å². The van der Waals surface area contributed by atoms with Crippen molar-refractivity contribution in [3.63, 3.8) is 0 Å². The fourth-order valence-corrected chi connectivity index (χ4v) is 9.21. The van der Waals surface area contributed by atoms with Gasteiger partial charge in [-0.25, -0.2) is 4.79 Å². The molecule has 0 radical (unpaired) electrons. The molecule has 0 saturated heterocycles. The number of fused-ring (bicyclic) bond motifs is 2. The van der Waals surface area contributed by atoms with Crippen LogP contribution in [-0.2, 0) is 14.3 Å². The molecule has 6 rings (SSSR count). The average molecular weight is 801 g/mol. The van der Waals surface area contributed by atoms with Crippen molar-refractivity contribution in [2.45, 2.75) is 76.0 Å². The Balaban J connectivity index is 1.52. The van der Waals surface area contributed by atoms with Crippen molar-refractivity contribution in [1.82, 2.24) is 4.90 Å². The van der Waals surface area contributed by atoms with Gasteiger partial charge < -0.3 is 34.0 Å². The number of hydrogen-bond donors (Lipinski definition) is 2. The lowest BCUT2D eigenvalue weighted by molar-refractivity contribution is -0.255. The van der Waals surface area contributed by atoms with E-state index in [1.54, 1.807) is 11.0 Å². The molecule has 1 fully saturated rings. The SMILES string of the molecule is C=CCO[C@@]12Oc3ccc(Oc4ccc(-c5ccccc5)cc4)cc3[C@H]3[C@H](CCCCO)[C@@H](CCCCO)C=C(C(=NOC)C[C@@H]1N(CCC)C(=O)OCCCl)[C@H]32. The Morgan fingerprint density at radius 2 is 1.72 bits per heavy atom. The van der Waals surface area contributed by atoms with Crippen molar-refractivity contribution < 1.29 is 38.8 Å². The van der Waals surface area contributed by atoms with Crippen LogP contribution in [0.1, 0.15) is 69.8 Å². The fraction of sp³-hybridized carbons (Fsp3) is 0.478. The van der Waals surface area contributed by atoms with Crippen LogP contribution in [0.3, 0.4) is 0 Å². The van der Waals surface area contributed by atoms with Crippen LogP contribution in [-0.4, -0.2) is 84.7 Å². The summed E-state index contributed by atoms with van der Waals surface area (Å²) in [7, 11) is 1.54. The fourth-order valence-electron chi connectivity index (χ4n) is 9.13. The lowest BCUT2D eigenvalue weighted by Crippen LogP contribution is -2.70. The molecule has 6 atom stereocenters. The lowest BCUT2D eigenvalue weighted by Gasteiger charge is -2.59. The van der Waals surface area contributed by atoms with Crippen molar-refractivity contribution in [2.24, 2.45) is 22.9 Å². The number of halogens is 1. The summed E-state index contributed by atoms with van der Waals surface area (Å²) in [6.45, 7) is 6.86. The molecule has 1 amide bonds. The zero-order chi connectivity index (χ0) is 40.2. The maximum Gasteiger partial charge on any atom is 0.410 e. The number of ether oxygens (including phenoxy) is 4. The number of carbonyl (C=O) groups excluding carboxylic acids is 1. The van der Waals surface area contributed by atoms with Crippen molar-refractivity contribution in [2.75, 3.05) is 46.0 Å². The molecule has 3 aromatic carbocycles. The van der Waals surface area contributed by atoms with Crippen LogP contribution >= 0.6 is 11.6 Å². The van der Waals surface area contributed by atoms with Crippen LogP contribution in [0, 0.1) is 17.8 Å². The molecule has 1 aliphatic heterocycles. The number of alkyl halides is 1. The first-order chi connectivity index (χ1) is 27.9. The number of unbranched alkanes of at least 4 members (excludes halogenated alkanes) is 2. The van der Waals surface area contributed by atoms with Gasteiger partial charge in [0.2, 0.25) is 5.79 Å². The van der Waals surface area contributed by atoms with Crippen molar-refractivity contribution >= 4 is 23.4 Å². The predicted molar refractivity (Wildman–Crippen MR) is 223 cm³/mol. The summed E-state index contributed by atoms with van der Waals surface area (Å²) < 4.78 is 26.5. The number of aliphatic hydroxyl groups is 2. The van der Waals surface area contributed by atoms with E-state index < -0.39 is 23.8 Å². The molecule has 10 nitrogen and oxygen atoms in total. The monoisotopic (exact) mass is 800 g/mol. The molecule has 1 saturated carbocycles. The highest BCUT2D eigenvalue weighted by Gasteiger charge is 2.65. The van der Waals surface area contributed by atoms with Crippen LogP contribution in [0.25, 0.3) is 11.1 Å². The summed E-state index contributed by atoms with van der Waals surface area (Å²) in [5, 5.41) is 24.3. The number of rotatable bonds is 20. The molecule has 3 aliphatic rings. The van der Waals surface area contributed by atoms with Crippen molar-refractivity contribution in [3.05, 3.63) is 103 Å². The van der Waals surface area contributed by atoms with Gasteiger partial charge in [0.25, 0.3) is 0 Å². The highest BCUT2D eigenvalue weighted by Crippen LogP contribution is 2.62. The van der Waals surface area contributed by atoms with E-state index in [0.717, 1.165) is 53.7 Å². The van der Waals surface area contributed by atoms with Gasteiger partial charge in [0, 0.05) is 37.7 Å². The number of carbonyl (C=O) groups is 1. The summed E-state index contributed by atoms with van der Waals surface area (Å²) in [4.78, 5) is 21.2. The van der Waals surface area contributed by atoms with Gasteiger partial charge in [-0.3, -0.25) is 4.90 Å². The van der Waals surface area contributed by atoms with Gasteiger partial charge in [0.05, 0.1) is 24.1 Å². The summed E-state index contributed by atoms with van der Waals surface area (Å²) in [6.07, 6.45) is 9.20. The van der Waals surface area contributed by atoms with E-state index in [1.807, 2.05) is 49.4 Å². The van der Waals surface area contributed by atoms with Gasteiger partial charge in [-0.05, 0) is 91.0 Å². The van der Waals surface area contributed by atoms with Crippen LogP contribution in [0.2, 0.25) is 0 Å². The second kappa shape index (κ2) is 20.4. The molecule has 1 heterocycles. The Bertz CT molecular complexity index is 1840. The Kier molecular flexibility index (Phi) is 15.1. The largest absolute Gasteiger partial charge is 0.459 e. The van der Waals surface area contributed by atoms with Gasteiger partial charge in [0.1, 0.15) is 37.0 Å². The van der Waals surface area contributed by atoms with Crippen molar-refractivity contribution in [3.8, 4) is 28.4 Å². The third-order valence-electron chi connectivity index (χ3n) is 11.4. The van der Waals surface area contributed by atoms with Gasteiger partial charge in [0.15, 0.2) is 0 Å². The minimum absolute atomic E-state index is 0.0635. The highest BCUT2D eigenvalue weighted by atomic mass is 35.5. The summed E-state index contributed by atoms with van der Waals surface area (Å²) in [5.41, 5.74) is 4.90. The summed E-state index contributed by atoms with van der Waals surface area (Å²) in [6, 6.07) is 23.6. The first kappa shape index (κ1) is 42.3. The maximum atomic E-state index is 14.0. The Morgan fingerprint density at radius 3 is 2.40 bits per heavy atom. The first-order valence-electron chi connectivity index (χ1n) is 20.4. The number of amides is 1. The third-order valence-corrected chi connectivity index (χ3v) is 11.6. The number of oxime groups is 1. The molecule has 0 unspecified atom stereocenters. The Labute approximate surface area is 342 Å². The smallest absolute Gasteiger partial charge is 0.410 e. The molecule has 57 heavy (non-hydrogen) atoms. The number of hydrogen-bond acceptors (Lipinski definition) is 9. The van der Waals surface area contributed by atoms with Crippen LogP contribution in [0.5, 0.6) is 17.2 Å². The molecule has 3 aromatic rings. The predicted octanol–water partition coefficient (Wildman–Crippen LogP) is 9.50. The summed E-state index contributed by atoms with van der Waals surface area (Å²) in [5.74, 6) is 0.436. The van der Waals surface area contributed by atoms with Crippen molar-refractivity contribution in [1.29, 1.82) is 0 Å². The first-order valence-corrected chi connectivity index (χ1v) is 20.9. The lowest BCUT2D eigenvalue weighted by atomic mass is 9.55. The number of benzene rings is 3. The standard InChI is InChI=1S/C46H57ClN2O8/c1-4-24-49(45(52)54-28-23-47)42-31-40(48-53-3)38-29-34(15-9-11-25-50)37(16-10-12-26-51)43-39-30-36(21-22-41(39)57-46(42,44(38)43)55-27-5-2)56-35-19-17-33(18-20-35)32-13-7-6-8-14-32/h5-8,13-14,17-22,29-30,34,37,42-44,50-51H,2,4,9-12,15-16,23-28,31H2,1,3H3/t34-,37+,42-,43+,44+,46+/m0/s1. The number of nitrogens with zero attached hydrogens (tertiary/aromatic N) is 2. The molecule has 2 aliphatic carbocycles. The molecule has 0 spiro atoms. The van der Waals surface area contributed by atoms with E-state index in [9.17, 15) is 15.0 Å². The van der Waals surface area contributed by atoms with E-state index in [2.05, 4.69) is 48.1 Å².